The summed E-state index contributed by atoms with van der Waals surface area (Å²) in [7, 11) is 4.08. The minimum atomic E-state index is -0.364. The molecule has 134 valence electrons. The van der Waals surface area contributed by atoms with Gasteiger partial charge in [0.25, 0.3) is 0 Å². The van der Waals surface area contributed by atoms with E-state index in [1.165, 1.54) is 0 Å². The van der Waals surface area contributed by atoms with E-state index in [-0.39, 0.29) is 11.9 Å². The quantitative estimate of drug-likeness (QED) is 0.842. The maximum absolute atomic E-state index is 12.0. The van der Waals surface area contributed by atoms with Crippen LogP contribution in [0.1, 0.15) is 29.7 Å². The lowest BCUT2D eigenvalue weighted by molar-refractivity contribution is -0.123. The molecule has 2 aromatic rings. The Bertz CT molecular complexity index is 728. The summed E-state index contributed by atoms with van der Waals surface area (Å²) < 4.78 is 2.01. The zero-order valence-electron chi connectivity index (χ0n) is 15.1. The number of rotatable bonds is 6. The minimum absolute atomic E-state index is 0.293. The molecule has 1 aliphatic heterocycles. The first-order chi connectivity index (χ1) is 12.0. The molecule has 1 amide bonds. The molecule has 1 aliphatic rings. The molecule has 0 aliphatic carbocycles. The molecule has 1 aromatic heterocycles. The summed E-state index contributed by atoms with van der Waals surface area (Å²) in [5, 5.41) is 8.36. The lowest BCUT2D eigenvalue weighted by Crippen LogP contribution is -2.39. The highest BCUT2D eigenvalue weighted by molar-refractivity contribution is 5.81. The Labute approximate surface area is 148 Å². The van der Waals surface area contributed by atoms with Crippen LogP contribution in [0.15, 0.2) is 30.3 Å². The first-order valence-electron chi connectivity index (χ1n) is 8.60. The fraction of sp³-hybridized carbons (Fsp3) is 0.500. The van der Waals surface area contributed by atoms with Crippen LogP contribution in [0, 0.1) is 6.92 Å². The average molecular weight is 342 g/mol. The molecule has 1 saturated heterocycles. The summed E-state index contributed by atoms with van der Waals surface area (Å²) in [6.07, 6.45) is 1.00. The number of aryl methyl sites for hydroxylation is 1. The molecule has 3 rings (SSSR count). The van der Waals surface area contributed by atoms with Gasteiger partial charge < -0.3 is 10.3 Å². The Morgan fingerprint density at radius 2 is 2.08 bits per heavy atom. The standard InChI is InChI=1S/C18H26N6O/c1-13-20-21-16(23(13)3)12-22(2)15-9-10-24(11-15)17(18(19)25)14-7-5-4-6-8-14/h4-8,15,17H,9-12H2,1-3H3,(H2,19,25)/t15-,17+/m1/s1. The number of nitrogens with two attached hydrogens (primary N) is 1. The molecule has 1 aromatic carbocycles. The maximum atomic E-state index is 12.0. The molecule has 0 spiro atoms. The van der Waals surface area contributed by atoms with E-state index in [4.69, 9.17) is 5.73 Å². The number of amides is 1. The van der Waals surface area contributed by atoms with Gasteiger partial charge in [-0.1, -0.05) is 30.3 Å². The van der Waals surface area contributed by atoms with E-state index in [0.717, 1.165) is 43.3 Å². The van der Waals surface area contributed by atoms with E-state index in [1.54, 1.807) is 0 Å². The van der Waals surface area contributed by atoms with Gasteiger partial charge in [-0.15, -0.1) is 10.2 Å². The summed E-state index contributed by atoms with van der Waals surface area (Å²) in [5.74, 6) is 1.57. The number of primary amides is 1. The molecule has 1 fully saturated rings. The number of carbonyl (C=O) groups excluding carboxylic acids is 1. The predicted molar refractivity (Wildman–Crippen MR) is 95.6 cm³/mol. The van der Waals surface area contributed by atoms with Gasteiger partial charge >= 0.3 is 0 Å². The number of carbonyl (C=O) groups is 1. The van der Waals surface area contributed by atoms with Crippen LogP contribution in [0.25, 0.3) is 0 Å². The first kappa shape index (κ1) is 17.6. The maximum Gasteiger partial charge on any atom is 0.239 e. The number of benzene rings is 1. The zero-order chi connectivity index (χ0) is 18.0. The summed E-state index contributed by atoms with van der Waals surface area (Å²) in [4.78, 5) is 16.5. The Hall–Kier alpha value is -2.25. The van der Waals surface area contributed by atoms with Gasteiger partial charge in [0.1, 0.15) is 17.7 Å². The highest BCUT2D eigenvalue weighted by Crippen LogP contribution is 2.27. The molecule has 0 radical (unpaired) electrons. The largest absolute Gasteiger partial charge is 0.368 e. The van der Waals surface area contributed by atoms with Crippen molar-refractivity contribution in [1.29, 1.82) is 0 Å². The van der Waals surface area contributed by atoms with Crippen molar-refractivity contribution >= 4 is 5.91 Å². The van der Waals surface area contributed by atoms with E-state index < -0.39 is 0 Å². The number of likely N-dealkylation sites (tertiary alicyclic amines) is 1. The van der Waals surface area contributed by atoms with E-state index in [2.05, 4.69) is 27.0 Å². The third-order valence-corrected chi connectivity index (χ3v) is 5.14. The zero-order valence-corrected chi connectivity index (χ0v) is 15.1. The molecular weight excluding hydrogens is 316 g/mol. The van der Waals surface area contributed by atoms with Crippen LogP contribution in [0.2, 0.25) is 0 Å². The molecule has 0 bridgehead atoms. The van der Waals surface area contributed by atoms with E-state index >= 15 is 0 Å². The van der Waals surface area contributed by atoms with Gasteiger partial charge in [0.05, 0.1) is 6.54 Å². The Morgan fingerprint density at radius 1 is 1.36 bits per heavy atom. The topological polar surface area (TPSA) is 80.3 Å². The van der Waals surface area contributed by atoms with Gasteiger partial charge in [-0.25, -0.2) is 0 Å². The Balaban J connectivity index is 1.67. The van der Waals surface area contributed by atoms with Gasteiger partial charge in [0.2, 0.25) is 5.91 Å². The summed E-state index contributed by atoms with van der Waals surface area (Å²) >= 11 is 0. The Morgan fingerprint density at radius 3 is 2.68 bits per heavy atom. The lowest BCUT2D eigenvalue weighted by Gasteiger charge is -2.28. The second-order valence-corrected chi connectivity index (χ2v) is 6.79. The van der Waals surface area contributed by atoms with Crippen LogP contribution in [0.5, 0.6) is 0 Å². The van der Waals surface area contributed by atoms with Crippen LogP contribution in [-0.4, -0.2) is 56.7 Å². The van der Waals surface area contributed by atoms with Crippen molar-refractivity contribution in [3.8, 4) is 0 Å². The summed E-state index contributed by atoms with van der Waals surface area (Å²) in [6.45, 7) is 4.36. The van der Waals surface area contributed by atoms with Gasteiger partial charge in [0.15, 0.2) is 0 Å². The molecule has 25 heavy (non-hydrogen) atoms. The Kier molecular flexibility index (Phi) is 5.15. The molecule has 0 saturated carbocycles. The number of aromatic nitrogens is 3. The number of nitrogens with zero attached hydrogens (tertiary/aromatic N) is 5. The summed E-state index contributed by atoms with van der Waals surface area (Å²) in [5.41, 5.74) is 6.66. The molecular formula is C18H26N6O. The van der Waals surface area contributed by atoms with E-state index in [1.807, 2.05) is 48.9 Å². The van der Waals surface area contributed by atoms with Crippen molar-refractivity contribution < 1.29 is 4.79 Å². The average Bonchev–Trinajstić information content (AvgIpc) is 3.18. The van der Waals surface area contributed by atoms with Gasteiger partial charge in [-0.2, -0.15) is 0 Å². The fourth-order valence-corrected chi connectivity index (χ4v) is 3.49. The highest BCUT2D eigenvalue weighted by Gasteiger charge is 2.34. The lowest BCUT2D eigenvalue weighted by atomic mass is 10.1. The highest BCUT2D eigenvalue weighted by atomic mass is 16.1. The normalized spacial score (nSPS) is 19.4. The molecule has 7 heteroatoms. The first-order valence-corrected chi connectivity index (χ1v) is 8.60. The van der Waals surface area contributed by atoms with E-state index in [0.29, 0.717) is 6.04 Å². The molecule has 2 heterocycles. The van der Waals surface area contributed by atoms with Gasteiger partial charge in [0, 0.05) is 26.2 Å². The van der Waals surface area contributed by atoms with Crippen LogP contribution >= 0.6 is 0 Å². The van der Waals surface area contributed by atoms with Crippen molar-refractivity contribution in [2.75, 3.05) is 20.1 Å². The van der Waals surface area contributed by atoms with Crippen molar-refractivity contribution in [3.63, 3.8) is 0 Å². The van der Waals surface area contributed by atoms with E-state index in [9.17, 15) is 4.79 Å². The molecule has 7 nitrogen and oxygen atoms in total. The third kappa shape index (κ3) is 3.72. The molecule has 2 atom stereocenters. The minimum Gasteiger partial charge on any atom is -0.368 e. The second-order valence-electron chi connectivity index (χ2n) is 6.79. The van der Waals surface area contributed by atoms with Crippen LogP contribution in [0.3, 0.4) is 0 Å². The van der Waals surface area contributed by atoms with Crippen molar-refractivity contribution in [2.24, 2.45) is 12.8 Å². The third-order valence-electron chi connectivity index (χ3n) is 5.14. The number of likely N-dealkylation sites (N-methyl/N-ethyl adjacent to an activating group) is 1. The number of hydrogen-bond acceptors (Lipinski definition) is 5. The fourth-order valence-electron chi connectivity index (χ4n) is 3.49. The molecule has 2 N–H and O–H groups in total. The van der Waals surface area contributed by atoms with Gasteiger partial charge in [-0.3, -0.25) is 14.6 Å². The van der Waals surface area contributed by atoms with Crippen molar-refractivity contribution in [2.45, 2.75) is 32.0 Å². The smallest absolute Gasteiger partial charge is 0.239 e. The summed E-state index contributed by atoms with van der Waals surface area (Å²) in [6, 6.07) is 9.77. The predicted octanol–water partition coefficient (Wildman–Crippen LogP) is 0.856. The molecule has 0 unspecified atom stereocenters. The van der Waals surface area contributed by atoms with Crippen molar-refractivity contribution in [1.82, 2.24) is 24.6 Å². The number of hydrogen-bond donors (Lipinski definition) is 1. The second kappa shape index (κ2) is 7.33. The van der Waals surface area contributed by atoms with Crippen LogP contribution in [-0.2, 0) is 18.4 Å². The van der Waals surface area contributed by atoms with Crippen LogP contribution in [0.4, 0.5) is 0 Å². The van der Waals surface area contributed by atoms with Crippen LogP contribution < -0.4 is 5.73 Å². The SMILES string of the molecule is Cc1nnc(CN(C)[C@@H]2CCN([C@H](C(N)=O)c3ccccc3)C2)n1C. The van der Waals surface area contributed by atoms with Gasteiger partial charge in [-0.05, 0) is 26.0 Å². The monoisotopic (exact) mass is 342 g/mol. The van der Waals surface area contributed by atoms with Crippen molar-refractivity contribution in [3.05, 3.63) is 47.5 Å².